The van der Waals surface area contributed by atoms with Crippen LogP contribution in [0.2, 0.25) is 5.02 Å². The van der Waals surface area contributed by atoms with Gasteiger partial charge in [0.1, 0.15) is 0 Å². The number of hydrogen-bond acceptors (Lipinski definition) is 4. The summed E-state index contributed by atoms with van der Waals surface area (Å²) >= 11 is 5.81. The summed E-state index contributed by atoms with van der Waals surface area (Å²) in [6.45, 7) is 6.84. The number of rotatable bonds is 6. The van der Waals surface area contributed by atoms with Crippen molar-refractivity contribution in [2.75, 3.05) is 0 Å². The zero-order chi connectivity index (χ0) is 26.9. The summed E-state index contributed by atoms with van der Waals surface area (Å²) in [5.41, 5.74) is 0.542. The fourth-order valence-corrected chi connectivity index (χ4v) is 3.00. The molecule has 0 bridgehead atoms. The lowest BCUT2D eigenvalue weighted by Gasteiger charge is -2.26. The van der Waals surface area contributed by atoms with E-state index in [0.29, 0.717) is 16.8 Å². The maximum Gasteiger partial charge on any atom is 0.417 e. The van der Waals surface area contributed by atoms with Crippen molar-refractivity contribution in [1.82, 2.24) is 10.3 Å². The summed E-state index contributed by atoms with van der Waals surface area (Å²) in [4.78, 5) is 15.6. The van der Waals surface area contributed by atoms with Crippen molar-refractivity contribution in [1.29, 1.82) is 5.26 Å². The Morgan fingerprint density at radius 2 is 1.75 bits per heavy atom. The van der Waals surface area contributed by atoms with Crippen molar-refractivity contribution in [3.63, 3.8) is 0 Å². The molecule has 1 amide bonds. The maximum atomic E-state index is 12.4. The highest BCUT2D eigenvalue weighted by molar-refractivity contribution is 6.30. The van der Waals surface area contributed by atoms with Crippen molar-refractivity contribution >= 4 is 17.5 Å². The smallest absolute Gasteiger partial charge is 0.417 e. The quantitative estimate of drug-likeness (QED) is 0.380. The first-order chi connectivity index (χ1) is 16.9. The minimum atomic E-state index is -4.45. The van der Waals surface area contributed by atoms with Crippen LogP contribution in [0.15, 0.2) is 66.9 Å². The monoisotopic (exact) mass is 517 g/mol. The summed E-state index contributed by atoms with van der Waals surface area (Å²) < 4.78 is 42.7. The van der Waals surface area contributed by atoms with Crippen molar-refractivity contribution in [2.24, 2.45) is 0 Å². The van der Waals surface area contributed by atoms with E-state index in [1.807, 2.05) is 62.4 Å². The molecule has 2 aromatic carbocycles. The summed E-state index contributed by atoms with van der Waals surface area (Å²) in [6, 6.07) is 19.1. The summed E-state index contributed by atoms with van der Waals surface area (Å²) in [7, 11) is 0. The second kappa shape index (κ2) is 12.4. The molecule has 1 heterocycles. The number of nitrogens with one attached hydrogen (secondary N) is 1. The maximum absolute atomic E-state index is 12.4. The van der Waals surface area contributed by atoms with Gasteiger partial charge in [-0.05, 0) is 62.6 Å². The zero-order valence-electron chi connectivity index (χ0n) is 20.4. The van der Waals surface area contributed by atoms with Crippen LogP contribution >= 0.6 is 11.6 Å². The van der Waals surface area contributed by atoms with Crippen LogP contribution in [0.5, 0.6) is 5.88 Å². The Balaban J connectivity index is 0.000000267. The van der Waals surface area contributed by atoms with Crippen LogP contribution in [0, 0.1) is 11.3 Å². The predicted octanol–water partition coefficient (Wildman–Crippen LogP) is 7.05. The fraction of sp³-hybridized carbons (Fsp3) is 0.296. The molecule has 5 nitrogen and oxygen atoms in total. The second-order valence-corrected chi connectivity index (χ2v) is 8.88. The van der Waals surface area contributed by atoms with Gasteiger partial charge in [0, 0.05) is 23.3 Å². The van der Waals surface area contributed by atoms with Gasteiger partial charge in [0.15, 0.2) is 5.60 Å². The first-order valence-corrected chi connectivity index (χ1v) is 11.5. The number of nitriles is 1. The number of amides is 1. The molecule has 190 valence electrons. The molecule has 1 unspecified atom stereocenters. The number of halogens is 4. The van der Waals surface area contributed by atoms with Gasteiger partial charge in [-0.25, -0.2) is 4.98 Å². The van der Waals surface area contributed by atoms with Gasteiger partial charge in [0.05, 0.1) is 17.2 Å². The molecule has 1 N–H and O–H groups in total. The third kappa shape index (κ3) is 8.28. The van der Waals surface area contributed by atoms with Gasteiger partial charge in [0.25, 0.3) is 5.91 Å². The lowest BCUT2D eigenvalue weighted by molar-refractivity contribution is -0.138. The van der Waals surface area contributed by atoms with Crippen molar-refractivity contribution in [2.45, 2.75) is 51.9 Å². The summed E-state index contributed by atoms with van der Waals surface area (Å²) in [5.74, 6) is -0.383. The van der Waals surface area contributed by atoms with Crippen LogP contribution in [-0.2, 0) is 11.0 Å². The fourth-order valence-electron chi connectivity index (χ4n) is 2.88. The summed E-state index contributed by atoms with van der Waals surface area (Å²) in [6.07, 6.45) is -3.01. The van der Waals surface area contributed by atoms with Crippen LogP contribution < -0.4 is 10.1 Å². The third-order valence-corrected chi connectivity index (χ3v) is 5.41. The number of hydrogen-bond donors (Lipinski definition) is 1. The molecule has 0 saturated carbocycles. The lowest BCUT2D eigenvalue weighted by atomic mass is 10.0. The standard InChI is InChI=1S/C14H19F3N2O2.C13H8ClN/c1-5-9(2)19-12(20)13(3,4)21-11-7-6-10(8-18-11)14(15,16)17;14-12-7-5-10(6-8-12)13-4-2-1-3-11(13)9-15/h6-9H,5H2,1-4H3,(H,19,20);1-8H. The van der Waals surface area contributed by atoms with E-state index in [9.17, 15) is 18.0 Å². The Labute approximate surface area is 213 Å². The van der Waals surface area contributed by atoms with Gasteiger partial charge in [-0.15, -0.1) is 0 Å². The van der Waals surface area contributed by atoms with Gasteiger partial charge in [0.2, 0.25) is 5.88 Å². The highest BCUT2D eigenvalue weighted by Crippen LogP contribution is 2.30. The molecule has 1 aromatic heterocycles. The molecule has 3 rings (SSSR count). The molecule has 0 saturated heterocycles. The Kier molecular flexibility index (Phi) is 9.88. The topological polar surface area (TPSA) is 75.0 Å². The highest BCUT2D eigenvalue weighted by atomic mass is 35.5. The molecule has 0 fully saturated rings. The number of carbonyl (C=O) groups excluding carboxylic acids is 1. The van der Waals surface area contributed by atoms with E-state index >= 15 is 0 Å². The van der Waals surface area contributed by atoms with Gasteiger partial charge in [-0.3, -0.25) is 4.79 Å². The Bertz CT molecular complexity index is 1190. The lowest BCUT2D eigenvalue weighted by Crippen LogP contribution is -2.49. The molecule has 0 aliphatic rings. The number of alkyl halides is 3. The van der Waals surface area contributed by atoms with E-state index in [2.05, 4.69) is 16.4 Å². The molecule has 36 heavy (non-hydrogen) atoms. The van der Waals surface area contributed by atoms with E-state index in [-0.39, 0.29) is 17.8 Å². The first kappa shape index (κ1) is 28.7. The van der Waals surface area contributed by atoms with Gasteiger partial charge < -0.3 is 10.1 Å². The Hall–Kier alpha value is -3.57. The first-order valence-electron chi connectivity index (χ1n) is 11.2. The number of carbonyl (C=O) groups is 1. The van der Waals surface area contributed by atoms with Gasteiger partial charge >= 0.3 is 6.18 Å². The zero-order valence-corrected chi connectivity index (χ0v) is 21.1. The molecular formula is C27H27ClF3N3O2. The second-order valence-electron chi connectivity index (χ2n) is 8.44. The van der Waals surface area contributed by atoms with Crippen molar-refractivity contribution in [3.05, 3.63) is 83.0 Å². The van der Waals surface area contributed by atoms with Crippen LogP contribution in [-0.4, -0.2) is 22.5 Å². The number of pyridine rings is 1. The Morgan fingerprint density at radius 3 is 2.28 bits per heavy atom. The normalized spacial score (nSPS) is 12.0. The largest absolute Gasteiger partial charge is 0.462 e. The number of nitrogens with zero attached hydrogens (tertiary/aromatic N) is 2. The van der Waals surface area contributed by atoms with Crippen LogP contribution in [0.1, 0.15) is 45.2 Å². The van der Waals surface area contributed by atoms with Gasteiger partial charge in [-0.2, -0.15) is 18.4 Å². The van der Waals surface area contributed by atoms with Crippen LogP contribution in [0.25, 0.3) is 11.1 Å². The number of aromatic nitrogens is 1. The van der Waals surface area contributed by atoms with Gasteiger partial charge in [-0.1, -0.05) is 48.9 Å². The molecule has 3 aromatic rings. The molecule has 9 heteroatoms. The number of ether oxygens (including phenoxy) is 1. The SMILES string of the molecule is CCC(C)NC(=O)C(C)(C)Oc1ccc(C(F)(F)F)cn1.N#Cc1ccccc1-c1ccc(Cl)cc1. The Morgan fingerprint density at radius 1 is 1.11 bits per heavy atom. The van der Waals surface area contributed by atoms with Crippen molar-refractivity contribution < 1.29 is 22.7 Å². The van der Waals surface area contributed by atoms with E-state index in [1.54, 1.807) is 0 Å². The predicted molar refractivity (Wildman–Crippen MR) is 133 cm³/mol. The van der Waals surface area contributed by atoms with E-state index in [1.165, 1.54) is 13.8 Å². The van der Waals surface area contributed by atoms with Crippen LogP contribution in [0.3, 0.4) is 0 Å². The summed E-state index contributed by atoms with van der Waals surface area (Å²) in [5, 5.41) is 12.4. The average Bonchev–Trinajstić information content (AvgIpc) is 2.84. The molecular weight excluding hydrogens is 491 g/mol. The average molecular weight is 518 g/mol. The van der Waals surface area contributed by atoms with E-state index in [4.69, 9.17) is 21.6 Å². The van der Waals surface area contributed by atoms with Crippen LogP contribution in [0.4, 0.5) is 13.2 Å². The molecule has 0 aliphatic heterocycles. The molecule has 1 atom stereocenters. The molecule has 0 aliphatic carbocycles. The minimum absolute atomic E-state index is 0.0130. The van der Waals surface area contributed by atoms with E-state index in [0.717, 1.165) is 29.7 Å². The van der Waals surface area contributed by atoms with Crippen molar-refractivity contribution in [3.8, 4) is 23.1 Å². The molecule has 0 radical (unpaired) electrons. The molecule has 0 spiro atoms. The third-order valence-electron chi connectivity index (χ3n) is 5.16. The highest BCUT2D eigenvalue weighted by Gasteiger charge is 2.33. The van der Waals surface area contributed by atoms with E-state index < -0.39 is 17.3 Å². The number of benzene rings is 2. The minimum Gasteiger partial charge on any atom is -0.462 e.